The fourth-order valence-electron chi connectivity index (χ4n) is 5.47. The van der Waals surface area contributed by atoms with Crippen LogP contribution in [0.3, 0.4) is 0 Å². The molecule has 0 spiro atoms. The maximum Gasteiger partial charge on any atom is 0.416 e. The Hall–Kier alpha value is -3.27. The zero-order valence-corrected chi connectivity index (χ0v) is 23.9. The monoisotopic (exact) mass is 576 g/mol. The van der Waals surface area contributed by atoms with Gasteiger partial charge in [0.1, 0.15) is 18.0 Å². The van der Waals surface area contributed by atoms with E-state index in [1.807, 2.05) is 20.8 Å². The fourth-order valence-corrected chi connectivity index (χ4v) is 5.47. The first kappa shape index (κ1) is 30.7. The van der Waals surface area contributed by atoms with Crippen LogP contribution >= 0.6 is 0 Å². The second-order valence-corrected chi connectivity index (χ2v) is 11.9. The number of ether oxygens (including phenoxy) is 2. The summed E-state index contributed by atoms with van der Waals surface area (Å²) in [5.74, 6) is -0.432. The molecule has 1 aliphatic heterocycles. The van der Waals surface area contributed by atoms with Crippen LogP contribution < -0.4 is 4.74 Å². The number of nitrogens with zero attached hydrogens (tertiary/aromatic N) is 2. The van der Waals surface area contributed by atoms with Crippen LogP contribution in [-0.4, -0.2) is 64.3 Å². The minimum Gasteiger partial charge on any atom is -0.489 e. The summed E-state index contributed by atoms with van der Waals surface area (Å²) >= 11 is 0. The molecule has 2 aromatic carbocycles. The van der Waals surface area contributed by atoms with Crippen molar-refractivity contribution < 1.29 is 37.3 Å². The van der Waals surface area contributed by atoms with E-state index in [0.717, 1.165) is 31.4 Å². The quantitative estimate of drug-likeness (QED) is 0.447. The molecular formula is C31H39F3N2O5. The van der Waals surface area contributed by atoms with Crippen LogP contribution in [0.1, 0.15) is 75.5 Å². The van der Waals surface area contributed by atoms with Crippen molar-refractivity contribution in [3.05, 3.63) is 65.2 Å². The van der Waals surface area contributed by atoms with E-state index in [1.54, 1.807) is 34.1 Å². The first-order valence-corrected chi connectivity index (χ1v) is 14.1. The van der Waals surface area contributed by atoms with Crippen molar-refractivity contribution in [1.29, 1.82) is 0 Å². The van der Waals surface area contributed by atoms with E-state index in [0.29, 0.717) is 55.9 Å². The van der Waals surface area contributed by atoms with Gasteiger partial charge in [0.2, 0.25) is 5.91 Å². The number of alkyl halides is 3. The van der Waals surface area contributed by atoms with Crippen molar-refractivity contribution in [3.63, 3.8) is 0 Å². The number of halogens is 3. The SMILES string of the molecule is CC(C)(C)OC(=O)N1CCN(C(=O)C(c2ccc(OCc3ccc(C(F)(F)F)cc3)cc2)C2(O)CCCCC2)CC1. The van der Waals surface area contributed by atoms with Crippen molar-refractivity contribution in [2.75, 3.05) is 26.2 Å². The van der Waals surface area contributed by atoms with Crippen molar-refractivity contribution >= 4 is 12.0 Å². The lowest BCUT2D eigenvalue weighted by molar-refractivity contribution is -0.143. The van der Waals surface area contributed by atoms with E-state index in [1.165, 1.54) is 12.1 Å². The smallest absolute Gasteiger partial charge is 0.416 e. The number of rotatable bonds is 6. The van der Waals surface area contributed by atoms with Crippen LogP contribution in [0, 0.1) is 0 Å². The summed E-state index contributed by atoms with van der Waals surface area (Å²) in [6, 6.07) is 11.8. The van der Waals surface area contributed by atoms with E-state index >= 15 is 0 Å². The highest BCUT2D eigenvalue weighted by atomic mass is 19.4. The zero-order valence-electron chi connectivity index (χ0n) is 23.9. The van der Waals surface area contributed by atoms with Crippen molar-refractivity contribution in [2.45, 2.75) is 82.8 Å². The van der Waals surface area contributed by atoms with E-state index in [4.69, 9.17) is 9.47 Å². The lowest BCUT2D eigenvalue weighted by atomic mass is 9.72. The van der Waals surface area contributed by atoms with Gasteiger partial charge in [-0.15, -0.1) is 0 Å². The van der Waals surface area contributed by atoms with Gasteiger partial charge in [-0.2, -0.15) is 13.2 Å². The third kappa shape index (κ3) is 7.93. The second-order valence-electron chi connectivity index (χ2n) is 11.9. The van der Waals surface area contributed by atoms with E-state index < -0.39 is 35.0 Å². The Bertz CT molecular complexity index is 1180. The van der Waals surface area contributed by atoms with Gasteiger partial charge in [0.25, 0.3) is 0 Å². The molecule has 0 bridgehead atoms. The van der Waals surface area contributed by atoms with Crippen LogP contribution in [0.25, 0.3) is 0 Å². The fraction of sp³-hybridized carbons (Fsp3) is 0.548. The molecule has 224 valence electrons. The Morgan fingerprint density at radius 3 is 1.98 bits per heavy atom. The molecule has 2 aromatic rings. The average molecular weight is 577 g/mol. The number of aliphatic hydroxyl groups is 1. The number of piperazine rings is 1. The van der Waals surface area contributed by atoms with Crippen LogP contribution in [0.15, 0.2) is 48.5 Å². The molecule has 2 fully saturated rings. The first-order chi connectivity index (χ1) is 19.2. The molecule has 1 unspecified atom stereocenters. The molecule has 1 aliphatic carbocycles. The molecule has 4 rings (SSSR count). The summed E-state index contributed by atoms with van der Waals surface area (Å²) in [5, 5.41) is 11.7. The van der Waals surface area contributed by atoms with E-state index in [9.17, 15) is 27.9 Å². The molecule has 2 aliphatic rings. The van der Waals surface area contributed by atoms with Crippen molar-refractivity contribution in [1.82, 2.24) is 9.80 Å². The molecule has 1 saturated heterocycles. The highest BCUT2D eigenvalue weighted by Crippen LogP contribution is 2.41. The number of hydrogen-bond acceptors (Lipinski definition) is 5. The van der Waals surface area contributed by atoms with E-state index in [2.05, 4.69) is 0 Å². The lowest BCUT2D eigenvalue weighted by Crippen LogP contribution is -2.55. The second kappa shape index (κ2) is 12.3. The molecule has 41 heavy (non-hydrogen) atoms. The Balaban J connectivity index is 1.44. The summed E-state index contributed by atoms with van der Waals surface area (Å²) in [5.41, 5.74) is -1.23. The summed E-state index contributed by atoms with van der Waals surface area (Å²) in [4.78, 5) is 29.7. The third-order valence-electron chi connectivity index (χ3n) is 7.65. The topological polar surface area (TPSA) is 79.3 Å². The molecule has 1 saturated carbocycles. The third-order valence-corrected chi connectivity index (χ3v) is 7.65. The standard InChI is InChI=1S/C31H39F3N2O5/c1-29(2,3)41-28(38)36-19-17-35(18-20-36)27(37)26(30(39)15-5-4-6-16-30)23-9-13-25(14-10-23)40-21-22-7-11-24(12-8-22)31(32,33)34/h7-14,26,39H,4-6,15-21H2,1-3H3. The van der Waals surface area contributed by atoms with Crippen molar-refractivity contribution in [2.24, 2.45) is 0 Å². The minimum absolute atomic E-state index is 0.0890. The van der Waals surface area contributed by atoms with Gasteiger partial charge < -0.3 is 24.4 Å². The van der Waals surface area contributed by atoms with Crippen LogP contribution in [0.4, 0.5) is 18.0 Å². The molecule has 1 N–H and O–H groups in total. The summed E-state index contributed by atoms with van der Waals surface area (Å²) in [6.07, 6.45) is -1.08. The van der Waals surface area contributed by atoms with Gasteiger partial charge in [-0.3, -0.25) is 4.79 Å². The Morgan fingerprint density at radius 2 is 1.44 bits per heavy atom. The number of benzene rings is 2. The predicted octanol–water partition coefficient (Wildman–Crippen LogP) is 6.14. The maximum absolute atomic E-state index is 13.9. The highest BCUT2D eigenvalue weighted by Gasteiger charge is 2.45. The lowest BCUT2D eigenvalue weighted by Gasteiger charge is -2.43. The molecule has 10 heteroatoms. The van der Waals surface area contributed by atoms with Crippen LogP contribution in [0.2, 0.25) is 0 Å². The summed E-state index contributed by atoms with van der Waals surface area (Å²) in [6.45, 7) is 6.91. The Morgan fingerprint density at radius 1 is 0.878 bits per heavy atom. The molecule has 0 radical (unpaired) electrons. The van der Waals surface area contributed by atoms with Gasteiger partial charge in [0, 0.05) is 26.2 Å². The van der Waals surface area contributed by atoms with Crippen LogP contribution in [0.5, 0.6) is 5.75 Å². The molecule has 2 amide bonds. The largest absolute Gasteiger partial charge is 0.489 e. The number of carbonyl (C=O) groups is 2. The van der Waals surface area contributed by atoms with Gasteiger partial charge in [0.15, 0.2) is 0 Å². The van der Waals surface area contributed by atoms with Gasteiger partial charge in [-0.1, -0.05) is 43.5 Å². The normalized spacial score (nSPS) is 18.5. The molecule has 1 heterocycles. The molecular weight excluding hydrogens is 537 g/mol. The Labute approximate surface area is 239 Å². The molecule has 0 aromatic heterocycles. The Kier molecular flexibility index (Phi) is 9.21. The molecule has 1 atom stereocenters. The molecule has 7 nitrogen and oxygen atoms in total. The van der Waals surface area contributed by atoms with E-state index in [-0.39, 0.29) is 12.5 Å². The van der Waals surface area contributed by atoms with Gasteiger partial charge in [-0.05, 0) is 69.0 Å². The number of carbonyl (C=O) groups excluding carboxylic acids is 2. The summed E-state index contributed by atoms with van der Waals surface area (Å²) < 4.78 is 49.7. The van der Waals surface area contributed by atoms with Crippen LogP contribution in [-0.2, 0) is 22.3 Å². The maximum atomic E-state index is 13.9. The number of amides is 2. The predicted molar refractivity (Wildman–Crippen MR) is 147 cm³/mol. The van der Waals surface area contributed by atoms with Gasteiger partial charge in [0.05, 0.1) is 17.1 Å². The first-order valence-electron chi connectivity index (χ1n) is 14.1. The average Bonchev–Trinajstić information content (AvgIpc) is 2.92. The van der Waals surface area contributed by atoms with Gasteiger partial charge in [-0.25, -0.2) is 4.79 Å². The van der Waals surface area contributed by atoms with Gasteiger partial charge >= 0.3 is 12.3 Å². The minimum atomic E-state index is -4.39. The zero-order chi connectivity index (χ0) is 29.8. The number of hydrogen-bond donors (Lipinski definition) is 1. The van der Waals surface area contributed by atoms with Crippen molar-refractivity contribution in [3.8, 4) is 5.75 Å². The summed E-state index contributed by atoms with van der Waals surface area (Å²) in [7, 11) is 0. The highest BCUT2D eigenvalue weighted by molar-refractivity contribution is 5.85.